The predicted molar refractivity (Wildman–Crippen MR) is 98.2 cm³/mol. The van der Waals surface area contributed by atoms with Gasteiger partial charge in [0.1, 0.15) is 18.1 Å². The first-order valence-electron chi connectivity index (χ1n) is 8.64. The van der Waals surface area contributed by atoms with Crippen LogP contribution in [0.3, 0.4) is 0 Å². The molecule has 5 nitrogen and oxygen atoms in total. The fourth-order valence-electron chi connectivity index (χ4n) is 2.87. The maximum atomic E-state index is 13.1. The van der Waals surface area contributed by atoms with Gasteiger partial charge in [-0.2, -0.15) is 18.3 Å². The molecule has 0 aliphatic carbocycles. The van der Waals surface area contributed by atoms with Gasteiger partial charge in [0.25, 0.3) is 0 Å². The molecule has 0 bridgehead atoms. The van der Waals surface area contributed by atoms with E-state index in [0.717, 1.165) is 5.56 Å². The van der Waals surface area contributed by atoms with E-state index in [4.69, 9.17) is 4.74 Å². The normalized spacial score (nSPS) is 16.6. The number of esters is 1. The lowest BCUT2D eigenvalue weighted by molar-refractivity contribution is -0.141. The van der Waals surface area contributed by atoms with Gasteiger partial charge in [-0.05, 0) is 29.8 Å². The quantitative estimate of drug-likeness (QED) is 0.687. The molecule has 0 aromatic heterocycles. The lowest BCUT2D eigenvalue weighted by atomic mass is 10.1. The van der Waals surface area contributed by atoms with Crippen molar-refractivity contribution in [1.82, 2.24) is 0 Å². The molecule has 8 heteroatoms. The summed E-state index contributed by atoms with van der Waals surface area (Å²) < 4.78 is 49.5. The number of halogens is 3. The molecular formula is C20H19F3N2O3. The van der Waals surface area contributed by atoms with Gasteiger partial charge < -0.3 is 9.47 Å². The second-order valence-corrected chi connectivity index (χ2v) is 6.30. The largest absolute Gasteiger partial charge is 0.489 e. The number of benzene rings is 2. The molecule has 0 N–H and O–H groups in total. The van der Waals surface area contributed by atoms with Gasteiger partial charge in [-0.25, -0.2) is 0 Å². The summed E-state index contributed by atoms with van der Waals surface area (Å²) in [5.74, 6) is -0.00668. The molecule has 2 aromatic rings. The number of carbonyl (C=O) groups is 1. The molecule has 3 rings (SSSR count). The molecule has 2 aromatic carbocycles. The van der Waals surface area contributed by atoms with Crippen molar-refractivity contribution in [2.75, 3.05) is 12.1 Å². The van der Waals surface area contributed by atoms with E-state index in [-0.39, 0.29) is 12.8 Å². The van der Waals surface area contributed by atoms with E-state index in [1.165, 1.54) is 12.1 Å². The molecule has 1 atom stereocenters. The summed E-state index contributed by atoms with van der Waals surface area (Å²) in [7, 11) is 1.20. The Kier molecular flexibility index (Phi) is 5.87. The van der Waals surface area contributed by atoms with Crippen molar-refractivity contribution in [3.8, 4) is 5.75 Å². The Balaban J connectivity index is 1.73. The van der Waals surface area contributed by atoms with Crippen LogP contribution in [0.5, 0.6) is 5.75 Å². The Morgan fingerprint density at radius 2 is 1.82 bits per heavy atom. The average molecular weight is 392 g/mol. The number of hydrogen-bond donors (Lipinski definition) is 0. The minimum absolute atomic E-state index is 0.189. The summed E-state index contributed by atoms with van der Waals surface area (Å²) in [6.45, 7) is 0.380. The van der Waals surface area contributed by atoms with Crippen LogP contribution in [0.4, 0.5) is 18.9 Å². The highest BCUT2D eigenvalue weighted by atomic mass is 19.4. The molecule has 0 saturated carbocycles. The van der Waals surface area contributed by atoms with Gasteiger partial charge in [0.05, 0.1) is 25.3 Å². The second-order valence-electron chi connectivity index (χ2n) is 6.30. The smallest absolute Gasteiger partial charge is 0.431 e. The number of anilines is 1. The first-order chi connectivity index (χ1) is 13.4. The van der Waals surface area contributed by atoms with E-state index in [0.29, 0.717) is 18.0 Å². The topological polar surface area (TPSA) is 51.1 Å². The zero-order valence-electron chi connectivity index (χ0n) is 15.1. The summed E-state index contributed by atoms with van der Waals surface area (Å²) in [5, 5.41) is 4.92. The standard InChI is InChI=1S/C20H19F3N2O3/c1-27-19(26)12-16-11-18(20(21,22)23)24-25(16)15-7-9-17(10-8-15)28-13-14-5-3-2-4-6-14/h2-10,16H,11-13H2,1H3. The van der Waals surface area contributed by atoms with E-state index in [1.54, 1.807) is 24.3 Å². The van der Waals surface area contributed by atoms with E-state index in [1.807, 2.05) is 30.3 Å². The third-order valence-electron chi connectivity index (χ3n) is 4.31. The Labute approximate surface area is 160 Å². The number of nitrogens with zero attached hydrogens (tertiary/aromatic N) is 2. The molecule has 148 valence electrons. The van der Waals surface area contributed by atoms with Crippen LogP contribution in [0.1, 0.15) is 18.4 Å². The highest BCUT2D eigenvalue weighted by molar-refractivity contribution is 5.94. The summed E-state index contributed by atoms with van der Waals surface area (Å²) in [6, 6.07) is 15.4. The summed E-state index contributed by atoms with van der Waals surface area (Å²) in [5.41, 5.74) is 0.537. The fourth-order valence-corrected chi connectivity index (χ4v) is 2.87. The maximum absolute atomic E-state index is 13.1. The number of rotatable bonds is 6. The highest BCUT2D eigenvalue weighted by Gasteiger charge is 2.43. The van der Waals surface area contributed by atoms with Crippen molar-refractivity contribution < 1.29 is 27.4 Å². The zero-order valence-corrected chi connectivity index (χ0v) is 15.1. The van der Waals surface area contributed by atoms with E-state index >= 15 is 0 Å². The molecule has 0 radical (unpaired) electrons. The van der Waals surface area contributed by atoms with Crippen LogP contribution in [0.15, 0.2) is 59.7 Å². The minimum atomic E-state index is -4.54. The van der Waals surface area contributed by atoms with Crippen LogP contribution >= 0.6 is 0 Å². The Morgan fingerprint density at radius 3 is 2.43 bits per heavy atom. The fraction of sp³-hybridized carbons (Fsp3) is 0.300. The first-order valence-corrected chi connectivity index (χ1v) is 8.64. The van der Waals surface area contributed by atoms with Crippen LogP contribution in [0, 0.1) is 0 Å². The third-order valence-corrected chi connectivity index (χ3v) is 4.31. The van der Waals surface area contributed by atoms with Gasteiger partial charge in [-0.15, -0.1) is 0 Å². The monoisotopic (exact) mass is 392 g/mol. The highest BCUT2D eigenvalue weighted by Crippen LogP contribution is 2.33. The molecule has 0 saturated heterocycles. The lowest BCUT2D eigenvalue weighted by Crippen LogP contribution is -2.30. The summed E-state index contributed by atoms with van der Waals surface area (Å²) in [4.78, 5) is 11.6. The van der Waals surface area contributed by atoms with Crippen LogP contribution in [-0.4, -0.2) is 31.0 Å². The number of hydrogen-bond acceptors (Lipinski definition) is 5. The molecule has 0 fully saturated rings. The number of alkyl halides is 3. The molecule has 1 unspecified atom stereocenters. The molecule has 1 heterocycles. The number of methoxy groups -OCH3 is 1. The van der Waals surface area contributed by atoms with Crippen molar-refractivity contribution in [3.63, 3.8) is 0 Å². The van der Waals surface area contributed by atoms with Crippen molar-refractivity contribution in [1.29, 1.82) is 0 Å². The maximum Gasteiger partial charge on any atom is 0.431 e. The Bertz CT molecular complexity index is 836. The summed E-state index contributed by atoms with van der Waals surface area (Å²) in [6.07, 6.45) is -5.10. The summed E-state index contributed by atoms with van der Waals surface area (Å²) >= 11 is 0. The van der Waals surface area contributed by atoms with Gasteiger partial charge in [-0.1, -0.05) is 30.3 Å². The Hall–Kier alpha value is -3.03. The molecule has 28 heavy (non-hydrogen) atoms. The van der Waals surface area contributed by atoms with Crippen molar-refractivity contribution in [3.05, 3.63) is 60.2 Å². The minimum Gasteiger partial charge on any atom is -0.489 e. The van der Waals surface area contributed by atoms with E-state index in [2.05, 4.69) is 9.84 Å². The first kappa shape index (κ1) is 19.7. The van der Waals surface area contributed by atoms with Gasteiger partial charge in [0.2, 0.25) is 0 Å². The number of carbonyl (C=O) groups excluding carboxylic acids is 1. The average Bonchev–Trinajstić information content (AvgIpc) is 3.11. The van der Waals surface area contributed by atoms with E-state index < -0.39 is 23.9 Å². The number of hydrazone groups is 1. The van der Waals surface area contributed by atoms with Crippen molar-refractivity contribution in [2.24, 2.45) is 5.10 Å². The van der Waals surface area contributed by atoms with Crippen molar-refractivity contribution in [2.45, 2.75) is 31.7 Å². The molecule has 0 spiro atoms. The third kappa shape index (κ3) is 4.82. The molecular weight excluding hydrogens is 373 g/mol. The van der Waals surface area contributed by atoms with Crippen LogP contribution in [0.25, 0.3) is 0 Å². The van der Waals surface area contributed by atoms with Crippen LogP contribution < -0.4 is 9.75 Å². The zero-order chi connectivity index (χ0) is 20.1. The molecule has 1 aliphatic heterocycles. The van der Waals surface area contributed by atoms with E-state index in [9.17, 15) is 18.0 Å². The van der Waals surface area contributed by atoms with Crippen LogP contribution in [0.2, 0.25) is 0 Å². The predicted octanol–water partition coefficient (Wildman–Crippen LogP) is 4.33. The van der Waals surface area contributed by atoms with Gasteiger partial charge >= 0.3 is 12.1 Å². The Morgan fingerprint density at radius 1 is 1.14 bits per heavy atom. The second kappa shape index (κ2) is 8.33. The van der Waals surface area contributed by atoms with Gasteiger partial charge in [-0.3, -0.25) is 9.80 Å². The number of ether oxygens (including phenoxy) is 2. The SMILES string of the molecule is COC(=O)CC1CC(C(F)(F)F)=NN1c1ccc(OCc2ccccc2)cc1. The van der Waals surface area contributed by atoms with Crippen molar-refractivity contribution >= 4 is 17.4 Å². The van der Waals surface area contributed by atoms with Crippen LogP contribution in [-0.2, 0) is 16.1 Å². The molecule has 1 aliphatic rings. The van der Waals surface area contributed by atoms with Gasteiger partial charge in [0, 0.05) is 6.42 Å². The van der Waals surface area contributed by atoms with Gasteiger partial charge in [0.15, 0.2) is 0 Å². The molecule has 0 amide bonds. The lowest BCUT2D eigenvalue weighted by Gasteiger charge is -2.22.